The number of methoxy groups -OCH3 is 2. The van der Waals surface area contributed by atoms with Crippen molar-refractivity contribution in [2.45, 2.75) is 39.7 Å². The number of hydrogen-bond acceptors (Lipinski definition) is 5. The van der Waals surface area contributed by atoms with Gasteiger partial charge in [-0.2, -0.15) is 0 Å². The predicted molar refractivity (Wildman–Crippen MR) is 115 cm³/mol. The molecule has 28 heavy (non-hydrogen) atoms. The van der Waals surface area contributed by atoms with Gasteiger partial charge in [0.1, 0.15) is 0 Å². The second-order valence-electron chi connectivity index (χ2n) is 6.84. The number of fused-ring (bicyclic) bond motifs is 1. The molecule has 0 radical (unpaired) electrons. The van der Waals surface area contributed by atoms with Crippen LogP contribution in [0.5, 0.6) is 11.5 Å². The Balaban J connectivity index is 1.62. The molecule has 0 bridgehead atoms. The quantitative estimate of drug-likeness (QED) is 0.594. The van der Waals surface area contributed by atoms with Gasteiger partial charge in [-0.05, 0) is 43.0 Å². The Labute approximate surface area is 171 Å². The molecule has 1 aromatic carbocycles. The van der Waals surface area contributed by atoms with Gasteiger partial charge in [0.15, 0.2) is 17.5 Å². The fourth-order valence-electron chi connectivity index (χ4n) is 3.60. The zero-order chi connectivity index (χ0) is 20.1. The van der Waals surface area contributed by atoms with Crippen molar-refractivity contribution in [3.8, 4) is 11.5 Å². The first-order chi connectivity index (χ1) is 13.6. The standard InChI is InChI=1S/C21H30N4O2S/c1-6-17-14(2)28-20(24-17)7-9-23-21(22-3)25-10-8-15-11-18(26-4)19(27-5)12-16(15)13-25/h11-12H,6-10,13H2,1-5H3,(H,22,23). The van der Waals surface area contributed by atoms with Crippen LogP contribution < -0.4 is 14.8 Å². The first-order valence-electron chi connectivity index (χ1n) is 9.74. The van der Waals surface area contributed by atoms with Crippen molar-refractivity contribution in [2.24, 2.45) is 4.99 Å². The molecule has 2 aromatic rings. The van der Waals surface area contributed by atoms with Gasteiger partial charge in [-0.3, -0.25) is 4.99 Å². The molecule has 0 aliphatic carbocycles. The molecule has 7 heteroatoms. The number of aromatic nitrogens is 1. The van der Waals surface area contributed by atoms with Gasteiger partial charge < -0.3 is 19.7 Å². The van der Waals surface area contributed by atoms with E-state index in [-0.39, 0.29) is 0 Å². The molecule has 0 saturated heterocycles. The summed E-state index contributed by atoms with van der Waals surface area (Å²) in [5, 5.41) is 4.70. The van der Waals surface area contributed by atoms with Gasteiger partial charge in [-0.1, -0.05) is 6.92 Å². The number of rotatable bonds is 6. The van der Waals surface area contributed by atoms with Gasteiger partial charge in [0.2, 0.25) is 0 Å². The summed E-state index contributed by atoms with van der Waals surface area (Å²) in [6.45, 7) is 6.88. The molecule has 0 fully saturated rings. The number of nitrogens with zero attached hydrogens (tertiary/aromatic N) is 3. The third-order valence-corrected chi connectivity index (χ3v) is 6.20. The lowest BCUT2D eigenvalue weighted by Crippen LogP contribution is -2.44. The molecule has 1 aromatic heterocycles. The SMILES string of the molecule is CCc1nc(CCNC(=NC)N2CCc3cc(OC)c(OC)cc3C2)sc1C. The molecule has 2 heterocycles. The van der Waals surface area contributed by atoms with Crippen molar-refractivity contribution in [3.63, 3.8) is 0 Å². The number of benzene rings is 1. The van der Waals surface area contributed by atoms with Crippen molar-refractivity contribution >= 4 is 17.3 Å². The Hall–Kier alpha value is -2.28. The summed E-state index contributed by atoms with van der Waals surface area (Å²) in [6.07, 6.45) is 2.88. The maximum absolute atomic E-state index is 5.46. The Morgan fingerprint density at radius 1 is 1.25 bits per heavy atom. The van der Waals surface area contributed by atoms with E-state index in [4.69, 9.17) is 14.5 Å². The summed E-state index contributed by atoms with van der Waals surface area (Å²) in [5.41, 5.74) is 3.80. The normalized spacial score (nSPS) is 14.0. The molecule has 1 N–H and O–H groups in total. The van der Waals surface area contributed by atoms with Crippen molar-refractivity contribution in [1.29, 1.82) is 0 Å². The van der Waals surface area contributed by atoms with Crippen molar-refractivity contribution in [3.05, 3.63) is 38.8 Å². The van der Waals surface area contributed by atoms with Crippen LogP contribution in [-0.2, 0) is 25.8 Å². The minimum Gasteiger partial charge on any atom is -0.493 e. The van der Waals surface area contributed by atoms with E-state index < -0.39 is 0 Å². The topological polar surface area (TPSA) is 59.0 Å². The average molecular weight is 403 g/mol. The van der Waals surface area contributed by atoms with Crippen molar-refractivity contribution in [2.75, 3.05) is 34.4 Å². The van der Waals surface area contributed by atoms with Crippen LogP contribution in [0, 0.1) is 6.92 Å². The number of aliphatic imine (C=N–C) groups is 1. The molecule has 0 spiro atoms. The highest BCUT2D eigenvalue weighted by Crippen LogP contribution is 2.33. The van der Waals surface area contributed by atoms with Gasteiger partial charge in [0.05, 0.1) is 24.9 Å². The van der Waals surface area contributed by atoms with E-state index in [0.717, 1.165) is 56.4 Å². The zero-order valence-electron chi connectivity index (χ0n) is 17.5. The lowest BCUT2D eigenvalue weighted by atomic mass is 9.99. The Kier molecular flexibility index (Phi) is 6.78. The van der Waals surface area contributed by atoms with Crippen LogP contribution in [0.4, 0.5) is 0 Å². The highest BCUT2D eigenvalue weighted by molar-refractivity contribution is 7.11. The van der Waals surface area contributed by atoms with E-state index in [2.05, 4.69) is 41.2 Å². The van der Waals surface area contributed by atoms with E-state index in [0.29, 0.717) is 0 Å². The van der Waals surface area contributed by atoms with Crippen LogP contribution in [-0.4, -0.2) is 50.2 Å². The average Bonchev–Trinajstić information content (AvgIpc) is 3.09. The summed E-state index contributed by atoms with van der Waals surface area (Å²) in [6, 6.07) is 4.18. The summed E-state index contributed by atoms with van der Waals surface area (Å²) in [7, 11) is 5.20. The molecule has 0 unspecified atom stereocenters. The first-order valence-corrected chi connectivity index (χ1v) is 10.6. The maximum Gasteiger partial charge on any atom is 0.193 e. The number of hydrogen-bond donors (Lipinski definition) is 1. The second-order valence-corrected chi connectivity index (χ2v) is 8.12. The number of ether oxygens (including phenoxy) is 2. The summed E-state index contributed by atoms with van der Waals surface area (Å²) in [4.78, 5) is 12.8. The van der Waals surface area contributed by atoms with E-state index >= 15 is 0 Å². The largest absolute Gasteiger partial charge is 0.493 e. The highest BCUT2D eigenvalue weighted by Gasteiger charge is 2.21. The minimum atomic E-state index is 0.775. The molecule has 0 atom stereocenters. The van der Waals surface area contributed by atoms with Crippen molar-refractivity contribution in [1.82, 2.24) is 15.2 Å². The van der Waals surface area contributed by atoms with E-state index in [1.54, 1.807) is 25.6 Å². The van der Waals surface area contributed by atoms with Gasteiger partial charge in [0, 0.05) is 38.0 Å². The Morgan fingerprint density at radius 3 is 2.57 bits per heavy atom. The lowest BCUT2D eigenvalue weighted by molar-refractivity contribution is 0.346. The number of nitrogens with one attached hydrogen (secondary N) is 1. The van der Waals surface area contributed by atoms with E-state index in [1.165, 1.54) is 26.7 Å². The van der Waals surface area contributed by atoms with Crippen LogP contribution in [0.15, 0.2) is 17.1 Å². The summed E-state index contributed by atoms with van der Waals surface area (Å²) >= 11 is 1.80. The van der Waals surface area contributed by atoms with Crippen LogP contribution >= 0.6 is 11.3 Å². The van der Waals surface area contributed by atoms with E-state index in [9.17, 15) is 0 Å². The van der Waals surface area contributed by atoms with Gasteiger partial charge in [0.25, 0.3) is 0 Å². The summed E-state index contributed by atoms with van der Waals surface area (Å²) in [5.74, 6) is 2.50. The van der Waals surface area contributed by atoms with Crippen LogP contribution in [0.3, 0.4) is 0 Å². The summed E-state index contributed by atoms with van der Waals surface area (Å²) < 4.78 is 10.9. The van der Waals surface area contributed by atoms with Crippen LogP contribution in [0.25, 0.3) is 0 Å². The van der Waals surface area contributed by atoms with Crippen molar-refractivity contribution < 1.29 is 9.47 Å². The smallest absolute Gasteiger partial charge is 0.193 e. The third-order valence-electron chi connectivity index (χ3n) is 5.12. The Bertz CT molecular complexity index is 847. The monoisotopic (exact) mass is 402 g/mol. The number of thiazole rings is 1. The Morgan fingerprint density at radius 2 is 1.96 bits per heavy atom. The molecule has 1 aliphatic rings. The molecule has 0 saturated carbocycles. The number of guanidine groups is 1. The fourth-order valence-corrected chi connectivity index (χ4v) is 4.62. The van der Waals surface area contributed by atoms with E-state index in [1.807, 2.05) is 7.05 Å². The highest BCUT2D eigenvalue weighted by atomic mass is 32.1. The van der Waals surface area contributed by atoms with Gasteiger partial charge >= 0.3 is 0 Å². The van der Waals surface area contributed by atoms with Gasteiger partial charge in [-0.25, -0.2) is 4.98 Å². The van der Waals surface area contributed by atoms with Crippen LogP contribution in [0.2, 0.25) is 0 Å². The molecule has 6 nitrogen and oxygen atoms in total. The van der Waals surface area contributed by atoms with Gasteiger partial charge in [-0.15, -0.1) is 11.3 Å². The first kappa shape index (κ1) is 20.5. The second kappa shape index (κ2) is 9.28. The number of aryl methyl sites for hydroxylation is 2. The molecule has 3 rings (SSSR count). The fraction of sp³-hybridized carbons (Fsp3) is 0.524. The maximum atomic E-state index is 5.46. The molecular weight excluding hydrogens is 372 g/mol. The molecular formula is C21H30N4O2S. The zero-order valence-corrected chi connectivity index (χ0v) is 18.3. The molecule has 0 amide bonds. The minimum absolute atomic E-state index is 0.775. The predicted octanol–water partition coefficient (Wildman–Crippen LogP) is 3.21. The molecule has 1 aliphatic heterocycles. The molecule has 152 valence electrons. The third kappa shape index (κ3) is 4.41. The lowest BCUT2D eigenvalue weighted by Gasteiger charge is -2.32. The van der Waals surface area contributed by atoms with Crippen LogP contribution in [0.1, 0.15) is 33.6 Å².